The maximum absolute atomic E-state index is 10.2. The quantitative estimate of drug-likeness (QED) is 0.398. The molecule has 0 amide bonds. The Morgan fingerprint density at radius 1 is 1.89 bits per heavy atom. The Hall–Kier alpha value is -0.550. The second-order valence-corrected chi connectivity index (χ2v) is 2.47. The van der Waals surface area contributed by atoms with Gasteiger partial charge in [-0.15, -0.1) is 0 Å². The number of alkyl halides is 1. The minimum atomic E-state index is -0.922. The average molecular weight is 193 g/mol. The number of carboxylic acid groups (broad SMARTS) is 1. The van der Waals surface area contributed by atoms with Crippen LogP contribution in [-0.4, -0.2) is 16.0 Å². The number of nitrogens with one attached hydrogen (secondary N) is 2. The van der Waals surface area contributed by atoms with Crippen LogP contribution < -0.4 is 10.9 Å². The van der Waals surface area contributed by atoms with Crippen molar-refractivity contribution in [1.82, 2.24) is 10.9 Å². The molecule has 0 saturated carbocycles. The van der Waals surface area contributed by atoms with E-state index in [0.29, 0.717) is 0 Å². The number of aliphatic carboxylic acids is 1. The van der Waals surface area contributed by atoms with Gasteiger partial charge in [0.1, 0.15) is 4.95 Å². The predicted octanol–water partition coefficient (Wildman–Crippen LogP) is -0.216. The Kier molecular flexibility index (Phi) is 1.73. The molecule has 1 unspecified atom stereocenters. The van der Waals surface area contributed by atoms with Crippen molar-refractivity contribution in [1.29, 1.82) is 0 Å². The molecule has 3 N–H and O–H groups in total. The fourth-order valence-electron chi connectivity index (χ4n) is 0.514. The van der Waals surface area contributed by atoms with Crippen molar-refractivity contribution in [3.05, 3.63) is 11.8 Å². The normalized spacial score (nSPS) is 25.0. The summed E-state index contributed by atoms with van der Waals surface area (Å²) in [7, 11) is 0. The Bertz CT molecular complexity index is 168. The van der Waals surface area contributed by atoms with Crippen molar-refractivity contribution in [2.75, 3.05) is 0 Å². The molecule has 1 atom stereocenters. The number of hydrazine groups is 1. The van der Waals surface area contributed by atoms with E-state index in [1.165, 1.54) is 6.20 Å². The number of carbonyl (C=O) groups is 1. The van der Waals surface area contributed by atoms with Crippen molar-refractivity contribution in [3.63, 3.8) is 0 Å². The van der Waals surface area contributed by atoms with Gasteiger partial charge >= 0.3 is 5.97 Å². The van der Waals surface area contributed by atoms with Gasteiger partial charge in [-0.2, -0.15) is 0 Å². The molecule has 0 aromatic carbocycles. The zero-order valence-corrected chi connectivity index (χ0v) is 5.97. The first-order valence-electron chi connectivity index (χ1n) is 2.30. The van der Waals surface area contributed by atoms with Crippen LogP contribution in [0.1, 0.15) is 0 Å². The monoisotopic (exact) mass is 192 g/mol. The van der Waals surface area contributed by atoms with E-state index < -0.39 is 5.97 Å². The molecule has 0 aliphatic carbocycles. The highest BCUT2D eigenvalue weighted by molar-refractivity contribution is 9.09. The Morgan fingerprint density at radius 2 is 2.56 bits per heavy atom. The van der Waals surface area contributed by atoms with Crippen molar-refractivity contribution < 1.29 is 9.90 Å². The van der Waals surface area contributed by atoms with Crippen LogP contribution in [-0.2, 0) is 4.79 Å². The summed E-state index contributed by atoms with van der Waals surface area (Å²) in [6.07, 6.45) is 1.40. The molecule has 5 heteroatoms. The number of hydrogen-bond acceptors (Lipinski definition) is 3. The van der Waals surface area contributed by atoms with E-state index in [2.05, 4.69) is 26.8 Å². The SMILES string of the molecule is O=C(O)C1=CNNC1Br. The van der Waals surface area contributed by atoms with E-state index in [0.717, 1.165) is 0 Å². The third-order valence-electron chi connectivity index (χ3n) is 0.958. The van der Waals surface area contributed by atoms with Crippen molar-refractivity contribution >= 4 is 21.9 Å². The highest BCUT2D eigenvalue weighted by Crippen LogP contribution is 2.10. The van der Waals surface area contributed by atoms with Gasteiger partial charge in [-0.25, -0.2) is 10.2 Å². The molecule has 0 spiro atoms. The zero-order chi connectivity index (χ0) is 6.85. The van der Waals surface area contributed by atoms with Crippen LogP contribution in [0.2, 0.25) is 0 Å². The molecule has 1 rings (SSSR count). The minimum Gasteiger partial charge on any atom is -0.478 e. The van der Waals surface area contributed by atoms with Gasteiger partial charge in [0.05, 0.1) is 5.57 Å². The van der Waals surface area contributed by atoms with Crippen LogP contribution >= 0.6 is 15.9 Å². The van der Waals surface area contributed by atoms with E-state index in [9.17, 15) is 4.79 Å². The fraction of sp³-hybridized carbons (Fsp3) is 0.250. The van der Waals surface area contributed by atoms with Crippen LogP contribution in [0.3, 0.4) is 0 Å². The maximum atomic E-state index is 10.2. The van der Waals surface area contributed by atoms with Crippen LogP contribution in [0.4, 0.5) is 0 Å². The molecule has 50 valence electrons. The fourth-order valence-corrected chi connectivity index (χ4v) is 0.974. The lowest BCUT2D eigenvalue weighted by atomic mass is 10.3. The van der Waals surface area contributed by atoms with Gasteiger partial charge < -0.3 is 10.5 Å². The third-order valence-corrected chi connectivity index (χ3v) is 1.68. The van der Waals surface area contributed by atoms with E-state index in [-0.39, 0.29) is 10.5 Å². The summed E-state index contributed by atoms with van der Waals surface area (Å²) in [4.78, 5) is 9.95. The first-order chi connectivity index (χ1) is 4.22. The van der Waals surface area contributed by atoms with Gasteiger partial charge in [0, 0.05) is 6.20 Å². The molecular formula is C4H5BrN2O2. The largest absolute Gasteiger partial charge is 0.478 e. The number of carboxylic acids is 1. The molecule has 0 fully saturated rings. The standard InChI is InChI=1S/C4H5BrN2O2/c5-3-2(4(8)9)1-6-7-3/h1,3,6-7H,(H,8,9). The Balaban J connectivity index is 2.68. The number of halogens is 1. The number of hydrogen-bond donors (Lipinski definition) is 3. The topological polar surface area (TPSA) is 61.4 Å². The summed E-state index contributed by atoms with van der Waals surface area (Å²) < 4.78 is 0. The Labute approximate surface area is 60.0 Å². The molecule has 1 heterocycles. The minimum absolute atomic E-state index is 0.282. The van der Waals surface area contributed by atoms with E-state index in [1.807, 2.05) is 0 Å². The molecule has 1 aliphatic rings. The van der Waals surface area contributed by atoms with E-state index in [1.54, 1.807) is 0 Å². The van der Waals surface area contributed by atoms with Crippen molar-refractivity contribution in [3.8, 4) is 0 Å². The lowest BCUT2D eigenvalue weighted by Crippen LogP contribution is -2.28. The van der Waals surface area contributed by atoms with Crippen LogP contribution in [0, 0.1) is 0 Å². The molecule has 0 radical (unpaired) electrons. The Morgan fingerprint density at radius 3 is 2.78 bits per heavy atom. The molecule has 1 aliphatic heterocycles. The number of rotatable bonds is 1. The van der Waals surface area contributed by atoms with E-state index in [4.69, 9.17) is 5.11 Å². The summed E-state index contributed by atoms with van der Waals surface area (Å²) in [5.41, 5.74) is 5.49. The molecule has 4 nitrogen and oxygen atoms in total. The molecular weight excluding hydrogens is 188 g/mol. The van der Waals surface area contributed by atoms with E-state index >= 15 is 0 Å². The molecule has 0 bridgehead atoms. The highest BCUT2D eigenvalue weighted by Gasteiger charge is 2.20. The average Bonchev–Trinajstić information content (AvgIpc) is 2.13. The van der Waals surface area contributed by atoms with Crippen molar-refractivity contribution in [2.24, 2.45) is 0 Å². The molecule has 0 saturated heterocycles. The summed E-state index contributed by atoms with van der Waals surface area (Å²) in [6.45, 7) is 0. The second kappa shape index (κ2) is 2.36. The van der Waals surface area contributed by atoms with Gasteiger partial charge in [0.15, 0.2) is 0 Å². The lowest BCUT2D eigenvalue weighted by molar-refractivity contribution is -0.132. The van der Waals surface area contributed by atoms with Gasteiger partial charge in [-0.3, -0.25) is 0 Å². The summed E-state index contributed by atoms with van der Waals surface area (Å²) in [6, 6.07) is 0. The van der Waals surface area contributed by atoms with Gasteiger partial charge in [-0.1, -0.05) is 15.9 Å². The molecule has 0 aromatic heterocycles. The first-order valence-corrected chi connectivity index (χ1v) is 3.22. The maximum Gasteiger partial charge on any atom is 0.335 e. The van der Waals surface area contributed by atoms with Crippen LogP contribution in [0.5, 0.6) is 0 Å². The summed E-state index contributed by atoms with van der Waals surface area (Å²) in [5, 5.41) is 8.41. The third kappa shape index (κ3) is 1.22. The second-order valence-electron chi connectivity index (χ2n) is 1.56. The lowest BCUT2D eigenvalue weighted by Gasteiger charge is -1.99. The van der Waals surface area contributed by atoms with Gasteiger partial charge in [-0.05, 0) is 0 Å². The van der Waals surface area contributed by atoms with Crippen LogP contribution in [0.25, 0.3) is 0 Å². The molecule has 9 heavy (non-hydrogen) atoms. The summed E-state index contributed by atoms with van der Waals surface area (Å²) >= 11 is 3.08. The first kappa shape index (κ1) is 6.57. The van der Waals surface area contributed by atoms with Gasteiger partial charge in [0.25, 0.3) is 0 Å². The summed E-state index contributed by atoms with van der Waals surface area (Å²) in [5.74, 6) is -0.922. The highest BCUT2D eigenvalue weighted by atomic mass is 79.9. The van der Waals surface area contributed by atoms with Crippen molar-refractivity contribution in [2.45, 2.75) is 4.95 Å². The molecule has 0 aromatic rings. The van der Waals surface area contributed by atoms with Gasteiger partial charge in [0.2, 0.25) is 0 Å². The smallest absolute Gasteiger partial charge is 0.335 e. The predicted molar refractivity (Wildman–Crippen MR) is 34.7 cm³/mol. The zero-order valence-electron chi connectivity index (χ0n) is 4.39. The van der Waals surface area contributed by atoms with Crippen LogP contribution in [0.15, 0.2) is 11.8 Å².